The second-order valence-electron chi connectivity index (χ2n) is 4.72. The summed E-state index contributed by atoms with van der Waals surface area (Å²) in [7, 11) is 0. The van der Waals surface area contributed by atoms with Gasteiger partial charge in [0.25, 0.3) is 11.8 Å². The first-order valence-electron chi connectivity index (χ1n) is 6.68. The van der Waals surface area contributed by atoms with Crippen molar-refractivity contribution >= 4 is 23.2 Å². The van der Waals surface area contributed by atoms with Gasteiger partial charge in [0.15, 0.2) is 0 Å². The van der Waals surface area contributed by atoms with Crippen LogP contribution in [0.4, 0.5) is 11.4 Å². The molecule has 2 amide bonds. The van der Waals surface area contributed by atoms with Crippen LogP contribution in [0.3, 0.4) is 0 Å². The topological polar surface area (TPSA) is 103 Å². The van der Waals surface area contributed by atoms with Crippen LogP contribution in [0.5, 0.6) is 0 Å². The van der Waals surface area contributed by atoms with E-state index in [2.05, 4.69) is 5.32 Å². The van der Waals surface area contributed by atoms with Crippen LogP contribution in [0.2, 0.25) is 0 Å². The monoisotopic (exact) mass is 286 g/mol. The van der Waals surface area contributed by atoms with Crippen molar-refractivity contribution in [1.82, 2.24) is 4.57 Å². The summed E-state index contributed by atoms with van der Waals surface area (Å²) in [5.41, 5.74) is 12.7. The second kappa shape index (κ2) is 6.13. The Kier molecular flexibility index (Phi) is 4.27. The van der Waals surface area contributed by atoms with E-state index in [1.807, 2.05) is 6.92 Å². The number of primary amides is 1. The summed E-state index contributed by atoms with van der Waals surface area (Å²) in [5.74, 6) is -0.914. The molecule has 2 rings (SSSR count). The van der Waals surface area contributed by atoms with E-state index < -0.39 is 5.91 Å². The highest BCUT2D eigenvalue weighted by molar-refractivity contribution is 6.08. The molecular weight excluding hydrogens is 268 g/mol. The van der Waals surface area contributed by atoms with Gasteiger partial charge in [-0.1, -0.05) is 19.1 Å². The van der Waals surface area contributed by atoms with Crippen molar-refractivity contribution in [3.63, 3.8) is 0 Å². The van der Waals surface area contributed by atoms with E-state index >= 15 is 0 Å². The van der Waals surface area contributed by atoms with Gasteiger partial charge in [-0.25, -0.2) is 0 Å². The lowest BCUT2D eigenvalue weighted by molar-refractivity contribution is 0.100. The molecule has 0 bridgehead atoms. The summed E-state index contributed by atoms with van der Waals surface area (Å²) in [6, 6.07) is 8.22. The number of para-hydroxylation sites is 1. The summed E-state index contributed by atoms with van der Waals surface area (Å²) >= 11 is 0. The van der Waals surface area contributed by atoms with Crippen LogP contribution < -0.4 is 16.8 Å². The first-order valence-corrected chi connectivity index (χ1v) is 6.68. The smallest absolute Gasteiger partial charge is 0.272 e. The number of hydrogen-bond acceptors (Lipinski definition) is 3. The van der Waals surface area contributed by atoms with Crippen molar-refractivity contribution in [2.75, 3.05) is 11.1 Å². The molecule has 0 spiro atoms. The molecule has 0 saturated carbocycles. The minimum absolute atomic E-state index is 0.271. The molecule has 0 aliphatic rings. The largest absolute Gasteiger partial charge is 0.397 e. The molecular formula is C15H18N4O2. The van der Waals surface area contributed by atoms with E-state index in [1.165, 1.54) is 0 Å². The van der Waals surface area contributed by atoms with Crippen molar-refractivity contribution in [2.45, 2.75) is 19.9 Å². The van der Waals surface area contributed by atoms with Gasteiger partial charge < -0.3 is 21.4 Å². The average molecular weight is 286 g/mol. The molecule has 0 unspecified atom stereocenters. The van der Waals surface area contributed by atoms with Gasteiger partial charge in [0.2, 0.25) is 0 Å². The Bertz CT molecular complexity index is 676. The molecule has 1 heterocycles. The van der Waals surface area contributed by atoms with Gasteiger partial charge >= 0.3 is 0 Å². The molecule has 21 heavy (non-hydrogen) atoms. The highest BCUT2D eigenvalue weighted by Gasteiger charge is 2.15. The Morgan fingerprint density at radius 2 is 2.00 bits per heavy atom. The van der Waals surface area contributed by atoms with Gasteiger partial charge in [0, 0.05) is 12.7 Å². The van der Waals surface area contributed by atoms with Gasteiger partial charge in [-0.2, -0.15) is 0 Å². The molecule has 6 heteroatoms. The summed E-state index contributed by atoms with van der Waals surface area (Å²) in [6.07, 6.45) is 2.60. The average Bonchev–Trinajstić information content (AvgIpc) is 2.80. The number of rotatable bonds is 5. The molecule has 0 saturated heterocycles. The third kappa shape index (κ3) is 3.22. The fourth-order valence-corrected chi connectivity index (χ4v) is 2.14. The van der Waals surface area contributed by atoms with Crippen LogP contribution >= 0.6 is 0 Å². The number of aryl methyl sites for hydroxylation is 1. The number of carbonyl (C=O) groups is 2. The van der Waals surface area contributed by atoms with Crippen LogP contribution in [-0.2, 0) is 6.54 Å². The first kappa shape index (κ1) is 14.6. The summed E-state index contributed by atoms with van der Waals surface area (Å²) in [6.45, 7) is 2.71. The number of nitrogen functional groups attached to an aromatic ring is 1. The van der Waals surface area contributed by atoms with Gasteiger partial charge in [-0.05, 0) is 24.6 Å². The maximum Gasteiger partial charge on any atom is 0.272 e. The zero-order valence-electron chi connectivity index (χ0n) is 11.8. The van der Waals surface area contributed by atoms with E-state index in [1.54, 1.807) is 41.1 Å². The highest BCUT2D eigenvalue weighted by Crippen LogP contribution is 2.17. The number of aromatic nitrogens is 1. The molecule has 2 aromatic rings. The van der Waals surface area contributed by atoms with Gasteiger partial charge in [-0.15, -0.1) is 0 Å². The van der Waals surface area contributed by atoms with Crippen LogP contribution in [0, 0.1) is 0 Å². The summed E-state index contributed by atoms with van der Waals surface area (Å²) < 4.78 is 1.79. The number of anilines is 2. The Balaban J connectivity index is 2.28. The van der Waals surface area contributed by atoms with Crippen molar-refractivity contribution in [1.29, 1.82) is 0 Å². The zero-order chi connectivity index (χ0) is 15.4. The predicted molar refractivity (Wildman–Crippen MR) is 82.0 cm³/mol. The highest BCUT2D eigenvalue weighted by atomic mass is 16.2. The van der Waals surface area contributed by atoms with Crippen molar-refractivity contribution in [2.24, 2.45) is 5.73 Å². The molecule has 5 N–H and O–H groups in total. The fourth-order valence-electron chi connectivity index (χ4n) is 2.14. The number of hydrogen-bond donors (Lipinski definition) is 3. The number of nitrogens with zero attached hydrogens (tertiary/aromatic N) is 1. The molecule has 1 aromatic carbocycles. The fraction of sp³-hybridized carbons (Fsp3) is 0.200. The van der Waals surface area contributed by atoms with Gasteiger partial charge in [0.05, 0.1) is 16.9 Å². The molecule has 1 aromatic heterocycles. The summed E-state index contributed by atoms with van der Waals surface area (Å²) in [5, 5.41) is 2.70. The van der Waals surface area contributed by atoms with Crippen LogP contribution in [0.1, 0.15) is 34.2 Å². The number of benzene rings is 1. The third-order valence-corrected chi connectivity index (χ3v) is 3.06. The lowest BCUT2D eigenvalue weighted by atomic mass is 10.1. The van der Waals surface area contributed by atoms with Crippen LogP contribution in [0.15, 0.2) is 36.5 Å². The van der Waals surface area contributed by atoms with E-state index in [9.17, 15) is 9.59 Å². The predicted octanol–water partition coefficient (Wildman–Crippen LogP) is 1.83. The third-order valence-electron chi connectivity index (χ3n) is 3.06. The van der Waals surface area contributed by atoms with Gasteiger partial charge in [0.1, 0.15) is 5.69 Å². The van der Waals surface area contributed by atoms with E-state index in [4.69, 9.17) is 11.5 Å². The molecule has 0 aliphatic carbocycles. The molecule has 0 atom stereocenters. The van der Waals surface area contributed by atoms with Gasteiger partial charge in [-0.3, -0.25) is 9.59 Å². The Morgan fingerprint density at radius 3 is 2.67 bits per heavy atom. The van der Waals surface area contributed by atoms with Crippen molar-refractivity contribution < 1.29 is 9.59 Å². The maximum absolute atomic E-state index is 12.4. The standard InChI is InChI=1S/C15H18N4O2/c1-2-7-19-9-10(16)8-13(19)15(21)18-12-6-4-3-5-11(12)14(17)20/h3-6,8-9H,2,7,16H2,1H3,(H2,17,20)(H,18,21). The number of nitrogens with two attached hydrogens (primary N) is 2. The first-order chi connectivity index (χ1) is 10.0. The molecule has 0 aliphatic heterocycles. The second-order valence-corrected chi connectivity index (χ2v) is 4.72. The minimum Gasteiger partial charge on any atom is -0.397 e. The van der Waals surface area contributed by atoms with Crippen LogP contribution in [-0.4, -0.2) is 16.4 Å². The van der Waals surface area contributed by atoms with Crippen molar-refractivity contribution in [3.05, 3.63) is 47.8 Å². The molecule has 6 nitrogen and oxygen atoms in total. The maximum atomic E-state index is 12.4. The SMILES string of the molecule is CCCn1cc(N)cc1C(=O)Nc1ccccc1C(N)=O. The Labute approximate surface area is 122 Å². The molecule has 0 fully saturated rings. The van der Waals surface area contributed by atoms with E-state index in [0.717, 1.165) is 6.42 Å². The lowest BCUT2D eigenvalue weighted by Gasteiger charge is -2.10. The minimum atomic E-state index is -0.589. The van der Waals surface area contributed by atoms with Crippen LogP contribution in [0.25, 0.3) is 0 Å². The van der Waals surface area contributed by atoms with Crippen molar-refractivity contribution in [3.8, 4) is 0 Å². The molecule has 110 valence electrons. The number of carbonyl (C=O) groups excluding carboxylic acids is 2. The normalized spacial score (nSPS) is 10.3. The van der Waals surface area contributed by atoms with E-state index in [0.29, 0.717) is 23.6 Å². The Hall–Kier alpha value is -2.76. The molecule has 0 radical (unpaired) electrons. The summed E-state index contributed by atoms with van der Waals surface area (Å²) in [4.78, 5) is 23.7. The number of nitrogens with one attached hydrogen (secondary N) is 1. The number of amides is 2. The Morgan fingerprint density at radius 1 is 1.29 bits per heavy atom. The zero-order valence-corrected chi connectivity index (χ0v) is 11.8. The quantitative estimate of drug-likeness (QED) is 0.781. The lowest BCUT2D eigenvalue weighted by Crippen LogP contribution is -2.20. The van der Waals surface area contributed by atoms with E-state index in [-0.39, 0.29) is 11.5 Å².